The van der Waals surface area contributed by atoms with Gasteiger partial charge in [0.1, 0.15) is 0 Å². The highest BCUT2D eigenvalue weighted by Gasteiger charge is 2.42. The van der Waals surface area contributed by atoms with Gasteiger partial charge in [-0.3, -0.25) is 0 Å². The molecule has 0 spiro atoms. The normalized spacial score (nSPS) is 12.9. The molecule has 17 aromatic rings. The molecule has 2 aliphatic heterocycles. The summed E-state index contributed by atoms with van der Waals surface area (Å²) in [6.45, 7) is -0.0756. The Bertz CT molecular complexity index is 5190. The molecule has 0 aliphatic carbocycles. The first-order chi connectivity index (χ1) is 38.2. The summed E-state index contributed by atoms with van der Waals surface area (Å²) in [4.78, 5) is 0. The minimum absolute atomic E-state index is 0.0756. The van der Waals surface area contributed by atoms with Crippen LogP contribution in [0.25, 0.3) is 163 Å². The molecule has 0 radical (unpaired) electrons. The number of nitrogens with zero attached hydrogens (tertiary/aromatic N) is 2. The molecule has 2 aromatic heterocycles. The van der Waals surface area contributed by atoms with Crippen molar-refractivity contribution < 1.29 is 0 Å². The second-order valence-corrected chi connectivity index (χ2v) is 21.8. The summed E-state index contributed by atoms with van der Waals surface area (Å²) in [5, 5.41) is 25.7. The fourth-order valence-electron chi connectivity index (χ4n) is 15.0. The van der Waals surface area contributed by atoms with Crippen LogP contribution in [0.3, 0.4) is 0 Å². The fourth-order valence-corrected chi connectivity index (χ4v) is 15.0. The molecule has 0 unspecified atom stereocenters. The minimum Gasteiger partial charge on any atom is -0.310 e. The van der Waals surface area contributed by atoms with Crippen molar-refractivity contribution in [2.24, 2.45) is 0 Å². The predicted octanol–water partition coefficient (Wildman–Crippen LogP) is 17.6. The maximum Gasteiger partial charge on any atom is 0.252 e. The number of rotatable bonds is 2. The summed E-state index contributed by atoms with van der Waals surface area (Å²) >= 11 is 0. The van der Waals surface area contributed by atoms with Crippen LogP contribution in [0, 0.1) is 0 Å². The minimum atomic E-state index is -0.0756. The van der Waals surface area contributed by atoms with Crippen molar-refractivity contribution in [3.63, 3.8) is 0 Å². The lowest BCUT2D eigenvalue weighted by Gasteiger charge is -2.34. The molecule has 2 aliphatic rings. The van der Waals surface area contributed by atoms with Gasteiger partial charge < -0.3 is 9.13 Å². The van der Waals surface area contributed by atoms with Gasteiger partial charge in [0, 0.05) is 54.7 Å². The van der Waals surface area contributed by atoms with Crippen LogP contribution in [0.15, 0.2) is 249 Å². The van der Waals surface area contributed by atoms with E-state index < -0.39 is 0 Å². The highest BCUT2D eigenvalue weighted by molar-refractivity contribution is 7.00. The molecule has 0 saturated heterocycles. The molecule has 15 aromatic carbocycles. The lowest BCUT2D eigenvalue weighted by atomic mass is 9.34. The summed E-state index contributed by atoms with van der Waals surface area (Å²) < 4.78 is 5.30. The van der Waals surface area contributed by atoms with Crippen LogP contribution in [0.1, 0.15) is 0 Å². The molecule has 77 heavy (non-hydrogen) atoms. The van der Waals surface area contributed by atoms with Gasteiger partial charge in [-0.25, -0.2) is 0 Å². The smallest absolute Gasteiger partial charge is 0.252 e. The van der Waals surface area contributed by atoms with E-state index in [0.29, 0.717) is 0 Å². The first-order valence-corrected chi connectivity index (χ1v) is 27.0. The summed E-state index contributed by atoms with van der Waals surface area (Å²) in [6, 6.07) is 94.9. The second-order valence-electron chi connectivity index (χ2n) is 21.8. The predicted molar refractivity (Wildman–Crippen MR) is 331 cm³/mol. The van der Waals surface area contributed by atoms with Gasteiger partial charge in [-0.05, 0) is 163 Å². The maximum atomic E-state index is 2.65. The number of hydrogen-bond donors (Lipinski definition) is 0. The average Bonchev–Trinajstić information content (AvgIpc) is 4.26. The van der Waals surface area contributed by atoms with Crippen molar-refractivity contribution in [2.75, 3.05) is 0 Å². The SMILES string of the molecule is c1cc2c3c(c1)-n1c4ccc5c6ccccc6c6ccccc6c5c4c4cc(-c5ccc6ccccc6c5)cc(c41)B3c1cc(-c3ccc4ccccc4c3)cc3c4c5c6ccccc6c6ccccc6c5ccc4n-2c13. The third-order valence-electron chi connectivity index (χ3n) is 18.1. The summed E-state index contributed by atoms with van der Waals surface area (Å²) in [7, 11) is 0. The molecule has 3 heteroatoms. The van der Waals surface area contributed by atoms with E-state index in [-0.39, 0.29) is 6.71 Å². The maximum absolute atomic E-state index is 2.65. The fraction of sp³-hybridized carbons (Fsp3) is 0. The average molecular weight is 969 g/mol. The standard InChI is InChI=1S/C74H41BN2/c1-3-16-44-36-46(30-28-42(44)14-1)48-38-60-70-64(34-32-58-54-22-7-5-18-50(54)52-20-9-11-24-56(52)68(58)70)76-66-26-13-27-67-72(66)75(62(40-48)73(60)76)63-41-49(47-31-29-43-15-2-4-17-45(43)37-47)39-61-71-65(77(67)74(61)63)35-33-59-55-23-8-6-19-51(55)53-21-10-12-25-57(53)69(59)71/h1-41H. The summed E-state index contributed by atoms with van der Waals surface area (Å²) in [5.41, 5.74) is 16.5. The number of aromatic nitrogens is 2. The van der Waals surface area contributed by atoms with Crippen LogP contribution < -0.4 is 16.4 Å². The monoisotopic (exact) mass is 968 g/mol. The zero-order chi connectivity index (χ0) is 49.8. The first kappa shape index (κ1) is 40.4. The summed E-state index contributed by atoms with van der Waals surface area (Å²) in [5.74, 6) is 0. The van der Waals surface area contributed by atoms with Gasteiger partial charge in [0.15, 0.2) is 0 Å². The third-order valence-corrected chi connectivity index (χ3v) is 18.1. The van der Waals surface area contributed by atoms with Crippen molar-refractivity contribution in [2.45, 2.75) is 0 Å². The Hall–Kier alpha value is -9.96. The van der Waals surface area contributed by atoms with Crippen molar-refractivity contribution >= 4 is 153 Å². The molecule has 0 bridgehead atoms. The number of benzene rings is 15. The highest BCUT2D eigenvalue weighted by atomic mass is 15.0. The summed E-state index contributed by atoms with van der Waals surface area (Å²) in [6.07, 6.45) is 0. The Labute approximate surface area is 441 Å². The van der Waals surface area contributed by atoms with Crippen LogP contribution in [-0.4, -0.2) is 15.8 Å². The topological polar surface area (TPSA) is 9.86 Å². The molecule has 0 N–H and O–H groups in total. The Balaban J connectivity index is 1.02. The Morgan fingerprint density at radius 3 is 1.03 bits per heavy atom. The second kappa shape index (κ2) is 14.5. The zero-order valence-corrected chi connectivity index (χ0v) is 41.6. The van der Waals surface area contributed by atoms with Gasteiger partial charge >= 0.3 is 0 Å². The zero-order valence-electron chi connectivity index (χ0n) is 41.6. The Kier molecular flexibility index (Phi) is 7.59. The van der Waals surface area contributed by atoms with Crippen LogP contribution >= 0.6 is 0 Å². The van der Waals surface area contributed by atoms with Gasteiger partial charge in [-0.1, -0.05) is 200 Å². The lowest BCUT2D eigenvalue weighted by molar-refractivity contribution is 1.14. The molecule has 0 saturated carbocycles. The van der Waals surface area contributed by atoms with Crippen molar-refractivity contribution in [1.29, 1.82) is 0 Å². The Morgan fingerprint density at radius 2 is 0.597 bits per heavy atom. The molecular weight excluding hydrogens is 928 g/mol. The third kappa shape index (κ3) is 5.12. The molecule has 0 fully saturated rings. The van der Waals surface area contributed by atoms with E-state index >= 15 is 0 Å². The highest BCUT2D eigenvalue weighted by Crippen LogP contribution is 2.48. The molecule has 4 heterocycles. The van der Waals surface area contributed by atoms with Crippen molar-refractivity contribution in [1.82, 2.24) is 9.13 Å². The van der Waals surface area contributed by atoms with E-state index in [0.717, 1.165) is 0 Å². The number of hydrogen-bond acceptors (Lipinski definition) is 0. The van der Waals surface area contributed by atoms with E-state index in [4.69, 9.17) is 0 Å². The van der Waals surface area contributed by atoms with E-state index in [2.05, 4.69) is 258 Å². The van der Waals surface area contributed by atoms with Crippen LogP contribution in [0.4, 0.5) is 0 Å². The van der Waals surface area contributed by atoms with E-state index in [1.165, 1.54) is 180 Å². The molecule has 0 amide bonds. The van der Waals surface area contributed by atoms with Crippen molar-refractivity contribution in [3.05, 3.63) is 249 Å². The van der Waals surface area contributed by atoms with Crippen molar-refractivity contribution in [3.8, 4) is 33.6 Å². The van der Waals surface area contributed by atoms with E-state index in [9.17, 15) is 0 Å². The van der Waals surface area contributed by atoms with Gasteiger partial charge in [-0.15, -0.1) is 0 Å². The molecule has 0 atom stereocenters. The van der Waals surface area contributed by atoms with Gasteiger partial charge in [-0.2, -0.15) is 0 Å². The Morgan fingerprint density at radius 1 is 0.234 bits per heavy atom. The van der Waals surface area contributed by atoms with Gasteiger partial charge in [0.25, 0.3) is 6.71 Å². The lowest BCUT2D eigenvalue weighted by Crippen LogP contribution is -2.59. The molecule has 19 rings (SSSR count). The molecular formula is C74H41BN2. The molecule has 2 nitrogen and oxygen atoms in total. The number of fused-ring (bicyclic) bond motifs is 26. The van der Waals surface area contributed by atoms with Crippen LogP contribution in [0.5, 0.6) is 0 Å². The van der Waals surface area contributed by atoms with Crippen LogP contribution in [0.2, 0.25) is 0 Å². The first-order valence-electron chi connectivity index (χ1n) is 27.0. The molecule has 350 valence electrons. The quantitative estimate of drug-likeness (QED) is 0.121. The van der Waals surface area contributed by atoms with Crippen LogP contribution in [-0.2, 0) is 0 Å². The van der Waals surface area contributed by atoms with Gasteiger partial charge in [0.05, 0.1) is 11.0 Å². The largest absolute Gasteiger partial charge is 0.310 e. The van der Waals surface area contributed by atoms with E-state index in [1.54, 1.807) is 0 Å². The van der Waals surface area contributed by atoms with Gasteiger partial charge in [0.2, 0.25) is 0 Å². The van der Waals surface area contributed by atoms with E-state index in [1.807, 2.05) is 0 Å².